The van der Waals surface area contributed by atoms with E-state index in [1.807, 2.05) is 81.4 Å². The average Bonchev–Trinajstić information content (AvgIpc) is 3.62. The number of hydrogen-bond donors (Lipinski definition) is 3. The van der Waals surface area contributed by atoms with Gasteiger partial charge in [0.05, 0.1) is 12.3 Å². The Kier molecular flexibility index (Phi) is 13.9. The summed E-state index contributed by atoms with van der Waals surface area (Å²) in [6.45, 7) is 11.3. The fourth-order valence-electron chi connectivity index (χ4n) is 5.99. The number of aromatic nitrogens is 1. The summed E-state index contributed by atoms with van der Waals surface area (Å²) in [4.78, 5) is 69.4. The molecule has 3 aromatic carbocycles. The summed E-state index contributed by atoms with van der Waals surface area (Å²) in [7, 11) is -1.93. The van der Waals surface area contributed by atoms with Crippen molar-refractivity contribution in [2.45, 2.75) is 71.2 Å². The molecule has 0 spiro atoms. The maximum atomic E-state index is 14.9. The normalized spacial score (nSPS) is 12.9. The highest BCUT2D eigenvalue weighted by molar-refractivity contribution is 7.13. The van der Waals surface area contributed by atoms with Crippen molar-refractivity contribution < 1.29 is 47.4 Å². The van der Waals surface area contributed by atoms with Gasteiger partial charge in [0.1, 0.15) is 34.8 Å². The molecule has 0 radical (unpaired) electrons. The van der Waals surface area contributed by atoms with Crippen molar-refractivity contribution in [3.05, 3.63) is 95.8 Å². The molecule has 56 heavy (non-hydrogen) atoms. The molecule has 0 fully saturated rings. The highest BCUT2D eigenvalue weighted by Gasteiger charge is 2.51. The van der Waals surface area contributed by atoms with E-state index < -0.39 is 79.9 Å². The molecule has 13 nitrogen and oxygen atoms in total. The minimum Gasteiger partial charge on any atom is -0.480 e. The predicted octanol–water partition coefficient (Wildman–Crippen LogP) is 5.45. The number of thiazole rings is 1. The maximum Gasteiger partial charge on any atom is 0.412 e. The number of carbonyl (C=O) groups is 5. The van der Waals surface area contributed by atoms with Gasteiger partial charge < -0.3 is 29.2 Å². The number of ether oxygens (including phenoxy) is 2. The number of aliphatic carboxylic acids is 1. The van der Waals surface area contributed by atoms with Gasteiger partial charge in [-0.2, -0.15) is 0 Å². The van der Waals surface area contributed by atoms with Crippen LogP contribution < -0.4 is 21.0 Å². The monoisotopic (exact) mass is 806 g/mol. The Morgan fingerprint density at radius 2 is 1.50 bits per heavy atom. The minimum absolute atomic E-state index is 0.120. The van der Waals surface area contributed by atoms with Crippen LogP contribution in [0.5, 0.6) is 0 Å². The van der Waals surface area contributed by atoms with Crippen LogP contribution >= 0.6 is 11.3 Å². The number of carboxylic acid groups (broad SMARTS) is 1. The summed E-state index contributed by atoms with van der Waals surface area (Å²) >= 11 is 1.02. The highest BCUT2D eigenvalue weighted by Crippen LogP contribution is 2.37. The second kappa shape index (κ2) is 18.0. The highest BCUT2D eigenvalue weighted by atomic mass is 32.1. The van der Waals surface area contributed by atoms with Crippen molar-refractivity contribution in [1.29, 1.82) is 0 Å². The Hall–Kier alpha value is -5.45. The minimum atomic E-state index is -3.21. The van der Waals surface area contributed by atoms with Gasteiger partial charge in [0.25, 0.3) is 14.2 Å². The number of nitrogens with zero attached hydrogens (tertiary/aromatic N) is 2. The molecule has 0 unspecified atom stereocenters. The number of rotatable bonds is 14. The number of likely N-dealkylation sites (N-methyl/N-ethyl adjacent to an activating group) is 1. The molecule has 0 saturated heterocycles. The second-order valence-corrected chi connectivity index (χ2v) is 20.1. The number of benzene rings is 3. The summed E-state index contributed by atoms with van der Waals surface area (Å²) in [6.07, 6.45) is -0.831. The van der Waals surface area contributed by atoms with Crippen LogP contribution in [0.3, 0.4) is 0 Å². The van der Waals surface area contributed by atoms with Crippen LogP contribution in [0.2, 0.25) is 5.04 Å². The number of esters is 1. The van der Waals surface area contributed by atoms with Crippen LogP contribution in [0.15, 0.2) is 84.2 Å². The van der Waals surface area contributed by atoms with Crippen molar-refractivity contribution in [3.63, 3.8) is 0 Å². The van der Waals surface area contributed by atoms with E-state index in [9.17, 15) is 33.5 Å². The van der Waals surface area contributed by atoms with Gasteiger partial charge in [-0.3, -0.25) is 19.7 Å². The fraction of sp³-hybridized carbons (Fsp3) is 0.350. The lowest BCUT2D eigenvalue weighted by atomic mass is 10.2. The molecule has 3 amide bonds. The number of halogens is 1. The lowest BCUT2D eigenvalue weighted by Gasteiger charge is -2.44. The van der Waals surface area contributed by atoms with Crippen LogP contribution in [-0.4, -0.2) is 91.1 Å². The fourth-order valence-corrected chi connectivity index (χ4v) is 11.4. The predicted molar refractivity (Wildman–Crippen MR) is 213 cm³/mol. The first-order chi connectivity index (χ1) is 26.2. The molecule has 298 valence electrons. The van der Waals surface area contributed by atoms with E-state index in [2.05, 4.69) is 15.6 Å². The molecule has 0 aliphatic rings. The maximum absolute atomic E-state index is 14.9. The van der Waals surface area contributed by atoms with Gasteiger partial charge in [0.15, 0.2) is 6.04 Å². The molecule has 3 N–H and O–H groups in total. The summed E-state index contributed by atoms with van der Waals surface area (Å²) in [5, 5.41) is 18.3. The van der Waals surface area contributed by atoms with Crippen molar-refractivity contribution in [1.82, 2.24) is 15.2 Å². The third kappa shape index (κ3) is 10.6. The van der Waals surface area contributed by atoms with E-state index in [4.69, 9.17) is 13.9 Å². The summed E-state index contributed by atoms with van der Waals surface area (Å²) in [6, 6.07) is 20.1. The van der Waals surface area contributed by atoms with Crippen LogP contribution in [0.1, 0.15) is 59.0 Å². The van der Waals surface area contributed by atoms with E-state index in [1.165, 1.54) is 24.6 Å². The SMILES string of the molecule is CC(=O)OC[C@H](NC(=O)c1csc(-c2ccc(NC(=O)OC(C)(C)C)c(F)c2)n1)C(=O)N(C)[C@@H](CO[Si](c1ccccc1)(c1ccccc1)C(C)(C)C)C(=O)O. The zero-order chi connectivity index (χ0) is 41.4. The molecule has 0 aliphatic carbocycles. The number of carboxylic acids is 1. The van der Waals surface area contributed by atoms with Gasteiger partial charge in [-0.05, 0) is 54.4 Å². The van der Waals surface area contributed by atoms with Gasteiger partial charge in [-0.25, -0.2) is 19.0 Å². The topological polar surface area (TPSA) is 173 Å². The number of nitrogens with one attached hydrogen (secondary N) is 2. The molecule has 4 aromatic rings. The molecule has 0 bridgehead atoms. The van der Waals surface area contributed by atoms with Crippen LogP contribution in [0.25, 0.3) is 10.6 Å². The Bertz CT molecular complexity index is 1990. The first-order valence-electron chi connectivity index (χ1n) is 17.7. The lowest BCUT2D eigenvalue weighted by molar-refractivity contribution is -0.153. The van der Waals surface area contributed by atoms with Crippen LogP contribution in [0.4, 0.5) is 14.9 Å². The Morgan fingerprint density at radius 1 is 0.911 bits per heavy atom. The second-order valence-electron chi connectivity index (χ2n) is 15.0. The molecule has 1 heterocycles. The van der Waals surface area contributed by atoms with E-state index >= 15 is 0 Å². The third-order valence-electron chi connectivity index (χ3n) is 8.62. The van der Waals surface area contributed by atoms with Gasteiger partial charge >= 0.3 is 18.0 Å². The molecule has 16 heteroatoms. The zero-order valence-electron chi connectivity index (χ0n) is 32.5. The number of amides is 3. The molecule has 0 aliphatic heterocycles. The number of anilines is 1. The van der Waals surface area contributed by atoms with E-state index in [-0.39, 0.29) is 16.4 Å². The number of carbonyl (C=O) groups excluding carboxylic acids is 4. The zero-order valence-corrected chi connectivity index (χ0v) is 34.4. The first-order valence-corrected chi connectivity index (χ1v) is 20.5. The van der Waals surface area contributed by atoms with Crippen molar-refractivity contribution in [2.75, 3.05) is 25.6 Å². The molecule has 4 rings (SSSR count). The molecule has 0 saturated carbocycles. The van der Waals surface area contributed by atoms with Gasteiger partial charge in [-0.1, -0.05) is 81.4 Å². The first kappa shape index (κ1) is 43.3. The van der Waals surface area contributed by atoms with Gasteiger partial charge in [0, 0.05) is 24.9 Å². The van der Waals surface area contributed by atoms with E-state index in [1.54, 1.807) is 20.8 Å². The molecule has 2 atom stereocenters. The van der Waals surface area contributed by atoms with E-state index in [0.29, 0.717) is 5.56 Å². The van der Waals surface area contributed by atoms with Gasteiger partial charge in [-0.15, -0.1) is 11.3 Å². The smallest absolute Gasteiger partial charge is 0.412 e. The molecular weight excluding hydrogens is 760 g/mol. The Morgan fingerprint density at radius 3 is 2.00 bits per heavy atom. The Labute approximate surface area is 330 Å². The summed E-state index contributed by atoms with van der Waals surface area (Å²) < 4.78 is 32.0. The summed E-state index contributed by atoms with van der Waals surface area (Å²) in [5.74, 6) is -4.53. The third-order valence-corrected chi connectivity index (χ3v) is 14.5. The summed E-state index contributed by atoms with van der Waals surface area (Å²) in [5.41, 5.74) is -0.730. The average molecular weight is 807 g/mol. The van der Waals surface area contributed by atoms with Gasteiger partial charge in [0.2, 0.25) is 5.91 Å². The Balaban J connectivity index is 1.56. The van der Waals surface area contributed by atoms with Crippen molar-refractivity contribution in [2.24, 2.45) is 0 Å². The van der Waals surface area contributed by atoms with Crippen LogP contribution in [0, 0.1) is 5.82 Å². The van der Waals surface area contributed by atoms with Crippen LogP contribution in [-0.2, 0) is 28.3 Å². The lowest BCUT2D eigenvalue weighted by Crippen LogP contribution is -2.68. The van der Waals surface area contributed by atoms with Crippen molar-refractivity contribution >= 4 is 65.6 Å². The molecule has 1 aromatic heterocycles. The standard InChI is InChI=1S/C40H47FN4O9SSi/c1-25(46)52-22-31(42-34(47)32-24-55-35(43-32)26-19-20-30(29(41)21-26)44-38(51)54-39(2,3)4)36(48)45(8)33(37(49)50)23-53-56(40(5,6)7,27-15-11-9-12-16-27)28-17-13-10-14-18-28/h9-21,24,31,33H,22-23H2,1-8H3,(H,42,47)(H,44,51)(H,49,50)/t31-,33-/m0/s1. The van der Waals surface area contributed by atoms with Crippen molar-refractivity contribution in [3.8, 4) is 10.6 Å². The number of hydrogen-bond acceptors (Lipinski definition) is 10. The molecular formula is C40H47FN4O9SSi. The quantitative estimate of drug-likeness (QED) is 0.110. The van der Waals surface area contributed by atoms with E-state index in [0.717, 1.165) is 39.6 Å². The largest absolute Gasteiger partial charge is 0.480 e.